The van der Waals surface area contributed by atoms with E-state index >= 15 is 0 Å². The Morgan fingerprint density at radius 2 is 1.86 bits per heavy atom. The summed E-state index contributed by atoms with van der Waals surface area (Å²) >= 11 is 0. The highest BCUT2D eigenvalue weighted by Gasteiger charge is 2.21. The molecule has 0 heterocycles. The maximum Gasteiger partial charge on any atom is 0.322 e. The van der Waals surface area contributed by atoms with Gasteiger partial charge in [-0.25, -0.2) is 0 Å². The van der Waals surface area contributed by atoms with Crippen molar-refractivity contribution in [3.05, 3.63) is 0 Å². The predicted octanol–water partition coefficient (Wildman–Crippen LogP) is 1.26. The van der Waals surface area contributed by atoms with Crippen LogP contribution in [0.4, 0.5) is 0 Å². The molecule has 0 aromatic rings. The van der Waals surface area contributed by atoms with E-state index in [1.54, 1.807) is 0 Å². The monoisotopic (exact) mass is 201 g/mol. The summed E-state index contributed by atoms with van der Waals surface area (Å²) in [5.41, 5.74) is 0. The number of hydrogen-bond acceptors (Lipinski definition) is 2. The first kappa shape index (κ1) is 12.9. The predicted molar refractivity (Wildman–Crippen MR) is 53.9 cm³/mol. The Bertz CT molecular complexity index is 204. The van der Waals surface area contributed by atoms with E-state index in [1.165, 1.54) is 0 Å². The largest absolute Gasteiger partial charge is 0.480 e. The number of carbonyl (C=O) groups excluding carboxylic acids is 1. The average Bonchev–Trinajstić information content (AvgIpc) is 2.15. The molecule has 0 radical (unpaired) electrons. The summed E-state index contributed by atoms with van der Waals surface area (Å²) in [7, 11) is 0. The topological polar surface area (TPSA) is 66.4 Å². The third kappa shape index (κ3) is 4.25. The molecule has 0 fully saturated rings. The molecule has 0 saturated carbocycles. The molecule has 4 heteroatoms. The van der Waals surface area contributed by atoms with Gasteiger partial charge in [0.25, 0.3) is 0 Å². The molecule has 82 valence electrons. The lowest BCUT2D eigenvalue weighted by Gasteiger charge is -2.19. The Morgan fingerprint density at radius 1 is 1.29 bits per heavy atom. The van der Waals surface area contributed by atoms with Crippen molar-refractivity contribution in [2.45, 2.75) is 33.6 Å². The van der Waals surface area contributed by atoms with Crippen LogP contribution in [0.2, 0.25) is 0 Å². The third-order valence-corrected chi connectivity index (χ3v) is 2.52. The Kier molecular flexibility index (Phi) is 5.92. The fourth-order valence-electron chi connectivity index (χ4n) is 1.42. The lowest BCUT2D eigenvalue weighted by atomic mass is 9.89. The number of amides is 1. The van der Waals surface area contributed by atoms with Gasteiger partial charge in [0, 0.05) is 5.92 Å². The molecular weight excluding hydrogens is 182 g/mol. The highest BCUT2D eigenvalue weighted by Crippen LogP contribution is 2.18. The maximum absolute atomic E-state index is 11.5. The van der Waals surface area contributed by atoms with Gasteiger partial charge in [0.2, 0.25) is 5.91 Å². The van der Waals surface area contributed by atoms with Gasteiger partial charge in [0.1, 0.15) is 6.54 Å². The number of hydrogen-bond donors (Lipinski definition) is 2. The van der Waals surface area contributed by atoms with Crippen molar-refractivity contribution in [1.82, 2.24) is 5.32 Å². The van der Waals surface area contributed by atoms with Gasteiger partial charge >= 0.3 is 5.97 Å². The fraction of sp³-hybridized carbons (Fsp3) is 0.800. The number of carboxylic acids is 1. The van der Waals surface area contributed by atoms with Gasteiger partial charge in [-0.15, -0.1) is 0 Å². The number of carboxylic acid groups (broad SMARTS) is 1. The maximum atomic E-state index is 11.5. The molecule has 0 saturated heterocycles. The van der Waals surface area contributed by atoms with Gasteiger partial charge in [-0.1, -0.05) is 27.2 Å². The van der Waals surface area contributed by atoms with Gasteiger partial charge in [-0.2, -0.15) is 0 Å². The summed E-state index contributed by atoms with van der Waals surface area (Å²) in [4.78, 5) is 21.7. The Morgan fingerprint density at radius 3 is 2.21 bits per heavy atom. The summed E-state index contributed by atoms with van der Waals surface area (Å²) in [6.45, 7) is 5.69. The Hall–Kier alpha value is -1.06. The standard InChI is InChI=1S/C10H19NO3/c1-4-7(3)8(5-2)10(14)11-6-9(12)13/h7-8H,4-6H2,1-3H3,(H,11,14)(H,12,13). The zero-order chi connectivity index (χ0) is 11.1. The summed E-state index contributed by atoms with van der Waals surface area (Å²) in [5.74, 6) is -0.922. The third-order valence-electron chi connectivity index (χ3n) is 2.52. The molecule has 2 atom stereocenters. The molecular formula is C10H19NO3. The lowest BCUT2D eigenvalue weighted by Crippen LogP contribution is -2.36. The number of rotatable bonds is 6. The minimum Gasteiger partial charge on any atom is -0.480 e. The van der Waals surface area contributed by atoms with Crippen molar-refractivity contribution in [2.75, 3.05) is 6.54 Å². The second kappa shape index (κ2) is 6.40. The summed E-state index contributed by atoms with van der Waals surface area (Å²) in [6, 6.07) is 0. The fourth-order valence-corrected chi connectivity index (χ4v) is 1.42. The number of carbonyl (C=O) groups is 2. The van der Waals surface area contributed by atoms with Crippen LogP contribution >= 0.6 is 0 Å². The van der Waals surface area contributed by atoms with Crippen LogP contribution in [0, 0.1) is 11.8 Å². The van der Waals surface area contributed by atoms with Gasteiger partial charge in [-0.05, 0) is 12.3 Å². The molecule has 0 aliphatic carbocycles. The highest BCUT2D eigenvalue weighted by molar-refractivity contribution is 5.83. The molecule has 0 aliphatic rings. The molecule has 0 bridgehead atoms. The zero-order valence-corrected chi connectivity index (χ0v) is 9.04. The minimum absolute atomic E-state index is 0.0700. The van der Waals surface area contributed by atoms with E-state index < -0.39 is 5.97 Å². The van der Waals surface area contributed by atoms with Crippen LogP contribution < -0.4 is 5.32 Å². The molecule has 2 unspecified atom stereocenters. The van der Waals surface area contributed by atoms with Crippen molar-refractivity contribution in [2.24, 2.45) is 11.8 Å². The van der Waals surface area contributed by atoms with Crippen molar-refractivity contribution < 1.29 is 14.7 Å². The first-order valence-electron chi connectivity index (χ1n) is 5.02. The van der Waals surface area contributed by atoms with Gasteiger partial charge in [-0.3, -0.25) is 9.59 Å². The van der Waals surface area contributed by atoms with E-state index in [0.29, 0.717) is 5.92 Å². The molecule has 0 rings (SSSR count). The van der Waals surface area contributed by atoms with E-state index in [2.05, 4.69) is 5.32 Å². The van der Waals surface area contributed by atoms with Gasteiger partial charge in [0.05, 0.1) is 0 Å². The van der Waals surface area contributed by atoms with Crippen LogP contribution in [0.25, 0.3) is 0 Å². The quantitative estimate of drug-likeness (QED) is 0.680. The molecule has 0 aromatic heterocycles. The molecule has 4 nitrogen and oxygen atoms in total. The van der Waals surface area contributed by atoms with Crippen LogP contribution in [-0.4, -0.2) is 23.5 Å². The summed E-state index contributed by atoms with van der Waals surface area (Å²) in [6.07, 6.45) is 1.68. The van der Waals surface area contributed by atoms with Crippen LogP contribution in [0.3, 0.4) is 0 Å². The second-order valence-corrected chi connectivity index (χ2v) is 3.51. The van der Waals surface area contributed by atoms with Crippen LogP contribution in [0.1, 0.15) is 33.6 Å². The summed E-state index contributed by atoms with van der Waals surface area (Å²) < 4.78 is 0. The minimum atomic E-state index is -1.00. The van der Waals surface area contributed by atoms with Gasteiger partial charge < -0.3 is 10.4 Å². The summed E-state index contributed by atoms with van der Waals surface area (Å²) in [5, 5.41) is 10.8. The average molecular weight is 201 g/mol. The van der Waals surface area contributed by atoms with E-state index in [9.17, 15) is 9.59 Å². The molecule has 14 heavy (non-hydrogen) atoms. The van der Waals surface area contributed by atoms with Crippen LogP contribution in [0.15, 0.2) is 0 Å². The molecule has 0 aliphatic heterocycles. The molecule has 2 N–H and O–H groups in total. The smallest absolute Gasteiger partial charge is 0.322 e. The molecule has 0 spiro atoms. The lowest BCUT2D eigenvalue weighted by molar-refractivity contribution is -0.138. The van der Waals surface area contributed by atoms with E-state index in [0.717, 1.165) is 12.8 Å². The van der Waals surface area contributed by atoms with E-state index in [-0.39, 0.29) is 18.4 Å². The Balaban J connectivity index is 4.10. The van der Waals surface area contributed by atoms with Crippen molar-refractivity contribution in [3.63, 3.8) is 0 Å². The van der Waals surface area contributed by atoms with E-state index in [1.807, 2.05) is 20.8 Å². The molecule has 1 amide bonds. The second-order valence-electron chi connectivity index (χ2n) is 3.51. The molecule has 0 aromatic carbocycles. The first-order valence-corrected chi connectivity index (χ1v) is 5.02. The number of nitrogens with one attached hydrogen (secondary N) is 1. The van der Waals surface area contributed by atoms with Crippen LogP contribution in [-0.2, 0) is 9.59 Å². The first-order chi connectivity index (χ1) is 6.52. The highest BCUT2D eigenvalue weighted by atomic mass is 16.4. The van der Waals surface area contributed by atoms with Gasteiger partial charge in [0.15, 0.2) is 0 Å². The van der Waals surface area contributed by atoms with Crippen LogP contribution in [0.5, 0.6) is 0 Å². The SMILES string of the molecule is CCC(C)C(CC)C(=O)NCC(=O)O. The zero-order valence-electron chi connectivity index (χ0n) is 9.04. The van der Waals surface area contributed by atoms with Crippen molar-refractivity contribution in [1.29, 1.82) is 0 Å². The normalized spacial score (nSPS) is 14.5. The Labute approximate surface area is 84.7 Å². The van der Waals surface area contributed by atoms with Crippen molar-refractivity contribution >= 4 is 11.9 Å². The number of aliphatic carboxylic acids is 1. The van der Waals surface area contributed by atoms with E-state index in [4.69, 9.17) is 5.11 Å². The van der Waals surface area contributed by atoms with Crippen molar-refractivity contribution in [3.8, 4) is 0 Å².